The van der Waals surface area contributed by atoms with E-state index in [0.29, 0.717) is 18.9 Å². The lowest BCUT2D eigenvalue weighted by Gasteiger charge is -2.16. The molecule has 0 saturated carbocycles. The lowest BCUT2D eigenvalue weighted by Crippen LogP contribution is -2.24. The molecular formula is C18H28N2O2. The van der Waals surface area contributed by atoms with Gasteiger partial charge >= 0.3 is 0 Å². The van der Waals surface area contributed by atoms with Crippen LogP contribution in [0.1, 0.15) is 44.2 Å². The number of amides is 1. The maximum atomic E-state index is 12.0. The summed E-state index contributed by atoms with van der Waals surface area (Å²) in [5.41, 5.74) is 2.20. The molecule has 1 atom stereocenters. The quantitative estimate of drug-likeness (QED) is 0.814. The zero-order chi connectivity index (χ0) is 15.9. The van der Waals surface area contributed by atoms with Gasteiger partial charge in [0.2, 0.25) is 5.91 Å². The third-order valence-electron chi connectivity index (χ3n) is 4.00. The number of benzene rings is 1. The maximum Gasteiger partial charge on any atom is 0.220 e. The van der Waals surface area contributed by atoms with Crippen molar-refractivity contribution < 1.29 is 9.53 Å². The Kier molecular flexibility index (Phi) is 6.25. The van der Waals surface area contributed by atoms with Crippen LogP contribution in [-0.4, -0.2) is 25.1 Å². The Bertz CT molecular complexity index is 494. The first kappa shape index (κ1) is 16.8. The number of aryl methyl sites for hydroxylation is 1. The summed E-state index contributed by atoms with van der Waals surface area (Å²) in [4.78, 5) is 12.0. The number of rotatable bonds is 7. The number of ether oxygens (including phenoxy) is 1. The van der Waals surface area contributed by atoms with E-state index in [-0.39, 0.29) is 12.0 Å². The van der Waals surface area contributed by atoms with Gasteiger partial charge in [0, 0.05) is 18.5 Å². The van der Waals surface area contributed by atoms with Gasteiger partial charge in [-0.05, 0) is 64.3 Å². The highest BCUT2D eigenvalue weighted by molar-refractivity contribution is 5.75. The summed E-state index contributed by atoms with van der Waals surface area (Å²) in [6.07, 6.45) is 2.91. The summed E-state index contributed by atoms with van der Waals surface area (Å²) < 4.78 is 5.84. The predicted molar refractivity (Wildman–Crippen MR) is 89.0 cm³/mol. The standard InChI is InChI=1S/C18H28N2O2/c1-13(2)22-17-10-14(3)4-6-16(17)12-20-18(21)7-5-15-8-9-19-11-15/h4,6,10,13,15,19H,5,7-9,11-12H2,1-3H3,(H,20,21). The van der Waals surface area contributed by atoms with Crippen LogP contribution in [0.15, 0.2) is 18.2 Å². The number of carbonyl (C=O) groups excluding carboxylic acids is 1. The molecule has 1 aliphatic rings. The van der Waals surface area contributed by atoms with E-state index in [9.17, 15) is 4.79 Å². The molecule has 1 aromatic carbocycles. The third kappa shape index (κ3) is 5.34. The first-order chi connectivity index (χ1) is 10.5. The van der Waals surface area contributed by atoms with E-state index in [1.54, 1.807) is 0 Å². The summed E-state index contributed by atoms with van der Waals surface area (Å²) in [5.74, 6) is 1.66. The molecule has 0 bridgehead atoms. The van der Waals surface area contributed by atoms with Crippen molar-refractivity contribution in [2.75, 3.05) is 13.1 Å². The van der Waals surface area contributed by atoms with Gasteiger partial charge in [-0.2, -0.15) is 0 Å². The van der Waals surface area contributed by atoms with Crippen LogP contribution < -0.4 is 15.4 Å². The molecular weight excluding hydrogens is 276 g/mol. The van der Waals surface area contributed by atoms with E-state index in [2.05, 4.69) is 16.7 Å². The van der Waals surface area contributed by atoms with Crippen molar-refractivity contribution in [1.82, 2.24) is 10.6 Å². The average Bonchev–Trinajstić information content (AvgIpc) is 2.97. The molecule has 1 heterocycles. The second-order valence-electron chi connectivity index (χ2n) is 6.45. The van der Waals surface area contributed by atoms with Crippen molar-refractivity contribution in [3.05, 3.63) is 29.3 Å². The minimum Gasteiger partial charge on any atom is -0.491 e. The lowest BCUT2D eigenvalue weighted by molar-refractivity contribution is -0.121. The first-order valence-electron chi connectivity index (χ1n) is 8.28. The van der Waals surface area contributed by atoms with Gasteiger partial charge in [0.25, 0.3) is 0 Å². The summed E-state index contributed by atoms with van der Waals surface area (Å²) in [6, 6.07) is 6.12. The van der Waals surface area contributed by atoms with Gasteiger partial charge in [-0.25, -0.2) is 0 Å². The van der Waals surface area contributed by atoms with Crippen molar-refractivity contribution in [2.24, 2.45) is 5.92 Å². The molecule has 0 aromatic heterocycles. The minimum atomic E-state index is 0.128. The second-order valence-corrected chi connectivity index (χ2v) is 6.45. The number of carbonyl (C=O) groups is 1. The van der Waals surface area contributed by atoms with Crippen molar-refractivity contribution >= 4 is 5.91 Å². The largest absolute Gasteiger partial charge is 0.491 e. The van der Waals surface area contributed by atoms with Gasteiger partial charge in [-0.3, -0.25) is 4.79 Å². The maximum absolute atomic E-state index is 12.0. The number of nitrogens with one attached hydrogen (secondary N) is 2. The van der Waals surface area contributed by atoms with E-state index >= 15 is 0 Å². The Labute approximate surface area is 133 Å². The van der Waals surface area contributed by atoms with Gasteiger partial charge < -0.3 is 15.4 Å². The molecule has 1 saturated heterocycles. The molecule has 4 nitrogen and oxygen atoms in total. The van der Waals surface area contributed by atoms with Crippen molar-refractivity contribution in [2.45, 2.75) is 52.7 Å². The molecule has 122 valence electrons. The van der Waals surface area contributed by atoms with Crippen LogP contribution in [0, 0.1) is 12.8 Å². The van der Waals surface area contributed by atoms with Crippen LogP contribution in [0.25, 0.3) is 0 Å². The zero-order valence-corrected chi connectivity index (χ0v) is 13.9. The molecule has 1 unspecified atom stereocenters. The molecule has 22 heavy (non-hydrogen) atoms. The molecule has 2 N–H and O–H groups in total. The molecule has 0 spiro atoms. The van der Waals surface area contributed by atoms with Crippen molar-refractivity contribution in [3.63, 3.8) is 0 Å². The Morgan fingerprint density at radius 2 is 2.27 bits per heavy atom. The van der Waals surface area contributed by atoms with Gasteiger partial charge in [-0.15, -0.1) is 0 Å². The molecule has 0 aliphatic carbocycles. The first-order valence-corrected chi connectivity index (χ1v) is 8.28. The molecule has 1 fully saturated rings. The molecule has 0 radical (unpaired) electrons. The fraction of sp³-hybridized carbons (Fsp3) is 0.611. The van der Waals surface area contributed by atoms with Crippen LogP contribution in [0.4, 0.5) is 0 Å². The van der Waals surface area contributed by atoms with Crippen LogP contribution in [0.3, 0.4) is 0 Å². The van der Waals surface area contributed by atoms with Crippen LogP contribution in [-0.2, 0) is 11.3 Å². The minimum absolute atomic E-state index is 0.128. The van der Waals surface area contributed by atoms with Crippen molar-refractivity contribution in [1.29, 1.82) is 0 Å². The highest BCUT2D eigenvalue weighted by Gasteiger charge is 2.15. The van der Waals surface area contributed by atoms with Gasteiger partial charge in [0.15, 0.2) is 0 Å². The summed E-state index contributed by atoms with van der Waals surface area (Å²) in [5, 5.41) is 6.35. The zero-order valence-electron chi connectivity index (χ0n) is 13.9. The monoisotopic (exact) mass is 304 g/mol. The normalized spacial score (nSPS) is 17.7. The number of hydrogen-bond acceptors (Lipinski definition) is 3. The fourth-order valence-corrected chi connectivity index (χ4v) is 2.75. The molecule has 1 amide bonds. The fourth-order valence-electron chi connectivity index (χ4n) is 2.75. The van der Waals surface area contributed by atoms with Crippen LogP contribution in [0.2, 0.25) is 0 Å². The van der Waals surface area contributed by atoms with E-state index in [1.165, 1.54) is 12.0 Å². The van der Waals surface area contributed by atoms with E-state index in [1.807, 2.05) is 32.9 Å². The van der Waals surface area contributed by atoms with Crippen LogP contribution in [0.5, 0.6) is 5.75 Å². The van der Waals surface area contributed by atoms with Crippen LogP contribution >= 0.6 is 0 Å². The SMILES string of the molecule is Cc1ccc(CNC(=O)CCC2CCNC2)c(OC(C)C)c1. The highest BCUT2D eigenvalue weighted by Crippen LogP contribution is 2.21. The predicted octanol–water partition coefficient (Wildman–Crippen LogP) is 2.79. The smallest absolute Gasteiger partial charge is 0.220 e. The third-order valence-corrected chi connectivity index (χ3v) is 4.00. The Hall–Kier alpha value is -1.55. The topological polar surface area (TPSA) is 50.4 Å². The summed E-state index contributed by atoms with van der Waals surface area (Å²) in [6.45, 7) is 8.75. The summed E-state index contributed by atoms with van der Waals surface area (Å²) >= 11 is 0. The highest BCUT2D eigenvalue weighted by atomic mass is 16.5. The van der Waals surface area contributed by atoms with Gasteiger partial charge in [-0.1, -0.05) is 12.1 Å². The molecule has 1 aliphatic heterocycles. The summed E-state index contributed by atoms with van der Waals surface area (Å²) in [7, 11) is 0. The second kappa shape index (κ2) is 8.18. The van der Waals surface area contributed by atoms with E-state index in [4.69, 9.17) is 4.74 Å². The van der Waals surface area contributed by atoms with E-state index in [0.717, 1.165) is 30.8 Å². The van der Waals surface area contributed by atoms with E-state index < -0.39 is 0 Å². The van der Waals surface area contributed by atoms with Gasteiger partial charge in [0.1, 0.15) is 5.75 Å². The average molecular weight is 304 g/mol. The number of hydrogen-bond donors (Lipinski definition) is 2. The Morgan fingerprint density at radius 1 is 1.45 bits per heavy atom. The molecule has 4 heteroatoms. The molecule has 1 aromatic rings. The van der Waals surface area contributed by atoms with Crippen molar-refractivity contribution in [3.8, 4) is 5.75 Å². The lowest BCUT2D eigenvalue weighted by atomic mass is 10.0. The van der Waals surface area contributed by atoms with Gasteiger partial charge in [0.05, 0.1) is 6.10 Å². The Morgan fingerprint density at radius 3 is 2.95 bits per heavy atom. The Balaban J connectivity index is 1.83. The molecule has 2 rings (SSSR count).